The van der Waals surface area contributed by atoms with Gasteiger partial charge in [0.2, 0.25) is 5.89 Å². The highest BCUT2D eigenvalue weighted by atomic mass is 16.5. The lowest BCUT2D eigenvalue weighted by atomic mass is 10.1. The Morgan fingerprint density at radius 2 is 1.59 bits per heavy atom. The number of nitrogens with one attached hydrogen (secondary N) is 2. The maximum absolute atomic E-state index is 12.5. The van der Waals surface area contributed by atoms with E-state index in [1.165, 1.54) is 24.3 Å². The first-order chi connectivity index (χ1) is 15.5. The topological polar surface area (TPSA) is 127 Å². The summed E-state index contributed by atoms with van der Waals surface area (Å²) in [6, 6.07) is 19.5. The maximum atomic E-state index is 12.5. The molecule has 0 bridgehead atoms. The lowest BCUT2D eigenvalue weighted by Crippen LogP contribution is -2.14. The van der Waals surface area contributed by atoms with Crippen LogP contribution in [-0.2, 0) is 0 Å². The summed E-state index contributed by atoms with van der Waals surface area (Å²) in [5.41, 5.74) is 1.63. The SMILES string of the molecule is COc1ccc(-c2nnc(NC(=O)c3ccc(NC(=O)c4ccccc4O)cc3)o2)cc1. The number of para-hydroxylation sites is 1. The molecule has 3 aromatic carbocycles. The highest BCUT2D eigenvalue weighted by Gasteiger charge is 2.14. The van der Waals surface area contributed by atoms with Crippen molar-refractivity contribution in [2.75, 3.05) is 17.7 Å². The molecule has 2 amide bonds. The van der Waals surface area contributed by atoms with Gasteiger partial charge in [0.05, 0.1) is 12.7 Å². The predicted molar refractivity (Wildman–Crippen MR) is 117 cm³/mol. The van der Waals surface area contributed by atoms with Crippen LogP contribution in [0.5, 0.6) is 11.5 Å². The number of benzene rings is 3. The highest BCUT2D eigenvalue weighted by Crippen LogP contribution is 2.23. The maximum Gasteiger partial charge on any atom is 0.322 e. The zero-order chi connectivity index (χ0) is 22.5. The molecule has 1 heterocycles. The minimum absolute atomic E-state index is 0.0437. The van der Waals surface area contributed by atoms with E-state index in [4.69, 9.17) is 9.15 Å². The van der Waals surface area contributed by atoms with Gasteiger partial charge in [-0.1, -0.05) is 17.2 Å². The molecule has 0 fully saturated rings. The van der Waals surface area contributed by atoms with E-state index in [9.17, 15) is 14.7 Å². The smallest absolute Gasteiger partial charge is 0.322 e. The summed E-state index contributed by atoms with van der Waals surface area (Å²) in [5.74, 6) is -0.0764. The number of aromatic nitrogens is 2. The number of amides is 2. The molecular formula is C23H18N4O5. The number of hydrogen-bond acceptors (Lipinski definition) is 7. The summed E-state index contributed by atoms with van der Waals surface area (Å²) in [6.07, 6.45) is 0. The van der Waals surface area contributed by atoms with E-state index in [0.29, 0.717) is 22.6 Å². The first kappa shape index (κ1) is 20.6. The van der Waals surface area contributed by atoms with Crippen LogP contribution in [0.4, 0.5) is 11.7 Å². The van der Waals surface area contributed by atoms with Crippen molar-refractivity contribution in [1.29, 1.82) is 0 Å². The molecule has 0 aliphatic heterocycles. The minimum atomic E-state index is -0.461. The standard InChI is InChI=1S/C23H18N4O5/c1-31-17-12-8-15(9-13-17)22-26-27-23(32-22)25-20(29)14-6-10-16(11-7-14)24-21(30)18-4-2-3-5-19(18)28/h2-13,28H,1H3,(H,24,30)(H,25,27,29). The molecule has 4 rings (SSSR count). The first-order valence-electron chi connectivity index (χ1n) is 9.52. The fraction of sp³-hybridized carbons (Fsp3) is 0.0435. The molecule has 3 N–H and O–H groups in total. The second-order valence-corrected chi connectivity index (χ2v) is 6.64. The second kappa shape index (κ2) is 9.00. The predicted octanol–water partition coefficient (Wildman–Crippen LogP) is 3.96. The van der Waals surface area contributed by atoms with Crippen molar-refractivity contribution in [3.8, 4) is 23.0 Å². The number of anilines is 2. The van der Waals surface area contributed by atoms with Crippen LogP contribution in [0.25, 0.3) is 11.5 Å². The number of nitrogens with zero attached hydrogens (tertiary/aromatic N) is 2. The van der Waals surface area contributed by atoms with Gasteiger partial charge in [0.15, 0.2) is 0 Å². The van der Waals surface area contributed by atoms with Gasteiger partial charge in [-0.15, -0.1) is 5.10 Å². The number of hydrogen-bond donors (Lipinski definition) is 3. The zero-order valence-corrected chi connectivity index (χ0v) is 16.9. The van der Waals surface area contributed by atoms with Gasteiger partial charge in [-0.3, -0.25) is 14.9 Å². The third-order valence-corrected chi connectivity index (χ3v) is 4.54. The summed E-state index contributed by atoms with van der Waals surface area (Å²) in [7, 11) is 1.57. The Bertz CT molecular complexity index is 1250. The quantitative estimate of drug-likeness (QED) is 0.423. The Kier molecular flexibility index (Phi) is 5.80. The molecule has 0 atom stereocenters. The van der Waals surface area contributed by atoms with E-state index in [-0.39, 0.29) is 23.2 Å². The molecule has 0 saturated heterocycles. The molecule has 0 spiro atoms. The van der Waals surface area contributed by atoms with Crippen LogP contribution >= 0.6 is 0 Å². The third-order valence-electron chi connectivity index (χ3n) is 4.54. The highest BCUT2D eigenvalue weighted by molar-refractivity contribution is 6.07. The number of rotatable bonds is 6. The van der Waals surface area contributed by atoms with Crippen LogP contribution in [0.2, 0.25) is 0 Å². The van der Waals surface area contributed by atoms with Gasteiger partial charge in [0, 0.05) is 16.8 Å². The van der Waals surface area contributed by atoms with Gasteiger partial charge >= 0.3 is 6.01 Å². The minimum Gasteiger partial charge on any atom is -0.507 e. The Morgan fingerprint density at radius 1 is 0.875 bits per heavy atom. The van der Waals surface area contributed by atoms with Crippen molar-refractivity contribution in [3.05, 3.63) is 83.9 Å². The molecule has 4 aromatic rings. The van der Waals surface area contributed by atoms with E-state index < -0.39 is 11.8 Å². The molecule has 9 nitrogen and oxygen atoms in total. The van der Waals surface area contributed by atoms with Crippen molar-refractivity contribution in [1.82, 2.24) is 10.2 Å². The number of phenolic OH excluding ortho intramolecular Hbond substituents is 1. The van der Waals surface area contributed by atoms with E-state index in [1.54, 1.807) is 55.6 Å². The normalized spacial score (nSPS) is 10.4. The van der Waals surface area contributed by atoms with Gasteiger partial charge in [-0.25, -0.2) is 0 Å². The van der Waals surface area contributed by atoms with Gasteiger partial charge in [0.1, 0.15) is 11.5 Å². The molecule has 0 aliphatic rings. The summed E-state index contributed by atoms with van der Waals surface area (Å²) < 4.78 is 10.6. The van der Waals surface area contributed by atoms with E-state index in [1.807, 2.05) is 0 Å². The van der Waals surface area contributed by atoms with Gasteiger partial charge < -0.3 is 19.6 Å². The van der Waals surface area contributed by atoms with Crippen molar-refractivity contribution in [3.63, 3.8) is 0 Å². The average Bonchev–Trinajstić information content (AvgIpc) is 3.28. The number of carbonyl (C=O) groups excluding carboxylic acids is 2. The van der Waals surface area contributed by atoms with Crippen molar-refractivity contribution < 1.29 is 23.8 Å². The van der Waals surface area contributed by atoms with Crippen LogP contribution in [0.15, 0.2) is 77.2 Å². The van der Waals surface area contributed by atoms with Gasteiger partial charge in [0.25, 0.3) is 11.8 Å². The van der Waals surface area contributed by atoms with Gasteiger partial charge in [-0.05, 0) is 60.7 Å². The molecule has 0 aliphatic carbocycles. The number of carbonyl (C=O) groups is 2. The average molecular weight is 430 g/mol. The number of phenols is 1. The van der Waals surface area contributed by atoms with Crippen LogP contribution in [-0.4, -0.2) is 34.2 Å². The number of ether oxygens (including phenoxy) is 1. The summed E-state index contributed by atoms with van der Waals surface area (Å²) >= 11 is 0. The molecule has 32 heavy (non-hydrogen) atoms. The Balaban J connectivity index is 1.39. The van der Waals surface area contributed by atoms with Crippen LogP contribution in [0.3, 0.4) is 0 Å². The number of methoxy groups -OCH3 is 1. The Morgan fingerprint density at radius 3 is 2.28 bits per heavy atom. The first-order valence-corrected chi connectivity index (χ1v) is 9.52. The second-order valence-electron chi connectivity index (χ2n) is 6.64. The van der Waals surface area contributed by atoms with Crippen molar-refractivity contribution in [2.24, 2.45) is 0 Å². The fourth-order valence-corrected chi connectivity index (χ4v) is 2.86. The monoisotopic (exact) mass is 430 g/mol. The lowest BCUT2D eigenvalue weighted by Gasteiger charge is -2.07. The van der Waals surface area contributed by atoms with Crippen LogP contribution in [0.1, 0.15) is 20.7 Å². The molecular weight excluding hydrogens is 412 g/mol. The summed E-state index contributed by atoms with van der Waals surface area (Å²) in [5, 5.41) is 22.7. The lowest BCUT2D eigenvalue weighted by molar-refractivity contribution is 0.101. The Hall–Kier alpha value is -4.66. The van der Waals surface area contributed by atoms with Crippen LogP contribution in [0, 0.1) is 0 Å². The van der Waals surface area contributed by atoms with Crippen molar-refractivity contribution in [2.45, 2.75) is 0 Å². The zero-order valence-electron chi connectivity index (χ0n) is 16.9. The largest absolute Gasteiger partial charge is 0.507 e. The molecule has 0 unspecified atom stereocenters. The van der Waals surface area contributed by atoms with E-state index >= 15 is 0 Å². The molecule has 160 valence electrons. The molecule has 0 radical (unpaired) electrons. The summed E-state index contributed by atoms with van der Waals surface area (Å²) in [4.78, 5) is 24.7. The molecule has 0 saturated carbocycles. The van der Waals surface area contributed by atoms with E-state index in [2.05, 4.69) is 20.8 Å². The van der Waals surface area contributed by atoms with Crippen molar-refractivity contribution >= 4 is 23.5 Å². The third kappa shape index (κ3) is 4.57. The molecule has 9 heteroatoms. The number of aromatic hydroxyl groups is 1. The fourth-order valence-electron chi connectivity index (χ4n) is 2.86. The Labute approximate surface area is 182 Å². The van der Waals surface area contributed by atoms with E-state index in [0.717, 1.165) is 0 Å². The van der Waals surface area contributed by atoms with Gasteiger partial charge in [-0.2, -0.15) is 0 Å². The molecule has 1 aromatic heterocycles. The summed E-state index contributed by atoms with van der Waals surface area (Å²) in [6.45, 7) is 0. The van der Waals surface area contributed by atoms with Crippen LogP contribution < -0.4 is 15.4 Å².